The van der Waals surface area contributed by atoms with Gasteiger partial charge in [0.05, 0.1) is 6.10 Å². The van der Waals surface area contributed by atoms with Crippen molar-refractivity contribution in [2.45, 2.75) is 23.1 Å². The van der Waals surface area contributed by atoms with Crippen LogP contribution in [0.2, 0.25) is 0 Å². The lowest BCUT2D eigenvalue weighted by Gasteiger charge is -2.20. The van der Waals surface area contributed by atoms with Gasteiger partial charge in [-0.05, 0) is 35.7 Å². The molecule has 2 aromatic carbocycles. The molecule has 1 atom stereocenters. The van der Waals surface area contributed by atoms with E-state index < -0.39 is 29.7 Å². The molecule has 1 amide bonds. The SMILES string of the molecule is CNC(=N)NSc1cccc(C(=O)NCC(O)c2ccc(C(F)(F)C(F)(F)F)cc2)c1. The van der Waals surface area contributed by atoms with Gasteiger partial charge in [0.15, 0.2) is 5.96 Å². The molecule has 0 saturated carbocycles. The van der Waals surface area contributed by atoms with Crippen LogP contribution in [0, 0.1) is 5.41 Å². The van der Waals surface area contributed by atoms with E-state index in [0.29, 0.717) is 17.0 Å². The molecule has 0 fully saturated rings. The summed E-state index contributed by atoms with van der Waals surface area (Å²) < 4.78 is 66.6. The van der Waals surface area contributed by atoms with Gasteiger partial charge in [-0.25, -0.2) is 0 Å². The first kappa shape index (κ1) is 24.4. The predicted octanol–water partition coefficient (Wildman–Crippen LogP) is 3.55. The van der Waals surface area contributed by atoms with Crippen LogP contribution < -0.4 is 15.4 Å². The minimum Gasteiger partial charge on any atom is -0.387 e. The van der Waals surface area contributed by atoms with E-state index in [1.165, 1.54) is 6.07 Å². The Morgan fingerprint density at radius 2 is 1.77 bits per heavy atom. The number of halogens is 5. The van der Waals surface area contributed by atoms with Crippen molar-refractivity contribution in [1.82, 2.24) is 15.4 Å². The van der Waals surface area contributed by atoms with Crippen LogP contribution in [-0.4, -0.2) is 36.7 Å². The third-order valence-corrected chi connectivity index (χ3v) is 4.88. The van der Waals surface area contributed by atoms with E-state index in [4.69, 9.17) is 5.41 Å². The molecule has 0 radical (unpaired) electrons. The highest BCUT2D eigenvalue weighted by Crippen LogP contribution is 2.43. The highest BCUT2D eigenvalue weighted by molar-refractivity contribution is 7.98. The minimum atomic E-state index is -5.73. The second-order valence-corrected chi connectivity index (χ2v) is 7.16. The number of carbonyl (C=O) groups excluding carboxylic acids is 1. The van der Waals surface area contributed by atoms with Crippen LogP contribution in [-0.2, 0) is 5.92 Å². The Morgan fingerprint density at radius 3 is 2.35 bits per heavy atom. The number of alkyl halides is 5. The van der Waals surface area contributed by atoms with Crippen LogP contribution >= 0.6 is 11.9 Å². The molecule has 0 aliphatic heterocycles. The van der Waals surface area contributed by atoms with Crippen LogP contribution in [0.3, 0.4) is 0 Å². The predicted molar refractivity (Wildman–Crippen MR) is 106 cm³/mol. The van der Waals surface area contributed by atoms with Crippen molar-refractivity contribution in [2.75, 3.05) is 13.6 Å². The minimum absolute atomic E-state index is 0.0705. The molecule has 5 N–H and O–H groups in total. The topological polar surface area (TPSA) is 97.2 Å². The molecule has 0 bridgehead atoms. The summed E-state index contributed by atoms with van der Waals surface area (Å²) in [6, 6.07) is 9.49. The van der Waals surface area contributed by atoms with Crippen LogP contribution in [0.4, 0.5) is 22.0 Å². The highest BCUT2D eigenvalue weighted by Gasteiger charge is 2.58. The number of hydrogen-bond acceptors (Lipinski definition) is 4. The third kappa shape index (κ3) is 6.31. The maximum Gasteiger partial charge on any atom is 0.458 e. The van der Waals surface area contributed by atoms with Crippen molar-refractivity contribution in [2.24, 2.45) is 0 Å². The van der Waals surface area contributed by atoms with Gasteiger partial charge in [-0.1, -0.05) is 30.3 Å². The van der Waals surface area contributed by atoms with Crippen molar-refractivity contribution in [3.05, 3.63) is 65.2 Å². The molecule has 2 aromatic rings. The van der Waals surface area contributed by atoms with E-state index in [0.717, 1.165) is 24.1 Å². The highest BCUT2D eigenvalue weighted by atomic mass is 32.2. The number of aliphatic hydroxyl groups excluding tert-OH is 1. The second kappa shape index (κ2) is 9.96. The zero-order valence-electron chi connectivity index (χ0n) is 16.1. The zero-order valence-corrected chi connectivity index (χ0v) is 16.9. The first-order valence-corrected chi connectivity index (χ1v) is 9.58. The van der Waals surface area contributed by atoms with Crippen molar-refractivity contribution in [3.63, 3.8) is 0 Å². The summed E-state index contributed by atoms with van der Waals surface area (Å²) in [4.78, 5) is 12.9. The van der Waals surface area contributed by atoms with Crippen molar-refractivity contribution < 1.29 is 31.9 Å². The van der Waals surface area contributed by atoms with E-state index >= 15 is 0 Å². The molecule has 6 nitrogen and oxygen atoms in total. The Hall–Kier alpha value is -2.86. The number of carbonyl (C=O) groups is 1. The van der Waals surface area contributed by atoms with Gasteiger partial charge in [0, 0.05) is 29.6 Å². The number of amides is 1. The van der Waals surface area contributed by atoms with Gasteiger partial charge in [-0.2, -0.15) is 22.0 Å². The molecule has 0 aliphatic rings. The zero-order chi connectivity index (χ0) is 23.2. The Morgan fingerprint density at radius 1 is 1.13 bits per heavy atom. The van der Waals surface area contributed by atoms with Crippen LogP contribution in [0.1, 0.15) is 27.6 Å². The molecule has 0 spiro atoms. The largest absolute Gasteiger partial charge is 0.458 e. The number of benzene rings is 2. The van der Waals surface area contributed by atoms with Gasteiger partial charge >= 0.3 is 12.1 Å². The summed E-state index contributed by atoms with van der Waals surface area (Å²) in [6.07, 6.45) is -7.04. The number of hydrogen-bond donors (Lipinski definition) is 5. The van der Waals surface area contributed by atoms with Crippen molar-refractivity contribution in [3.8, 4) is 0 Å². The number of nitrogens with one attached hydrogen (secondary N) is 4. The second-order valence-electron chi connectivity index (χ2n) is 6.28. The summed E-state index contributed by atoms with van der Waals surface area (Å²) in [5, 5.41) is 22.6. The fourth-order valence-corrected chi connectivity index (χ4v) is 3.00. The third-order valence-electron chi connectivity index (χ3n) is 4.09. The molecule has 31 heavy (non-hydrogen) atoms. The Labute approximate surface area is 178 Å². The monoisotopic (exact) mass is 462 g/mol. The molecule has 0 heterocycles. The number of rotatable bonds is 7. The lowest BCUT2D eigenvalue weighted by molar-refractivity contribution is -0.289. The van der Waals surface area contributed by atoms with Gasteiger partial charge in [0.25, 0.3) is 5.91 Å². The van der Waals surface area contributed by atoms with E-state index in [1.54, 1.807) is 25.2 Å². The maximum atomic E-state index is 13.3. The van der Waals surface area contributed by atoms with E-state index in [-0.39, 0.29) is 23.6 Å². The molecular weight excluding hydrogens is 443 g/mol. The molecule has 0 aromatic heterocycles. The fourth-order valence-electron chi connectivity index (χ4n) is 2.35. The van der Waals surface area contributed by atoms with Gasteiger partial charge in [0.2, 0.25) is 0 Å². The van der Waals surface area contributed by atoms with Crippen LogP contribution in [0.5, 0.6) is 0 Å². The number of aliphatic hydroxyl groups is 1. The van der Waals surface area contributed by atoms with Crippen LogP contribution in [0.15, 0.2) is 53.4 Å². The molecule has 12 heteroatoms. The van der Waals surface area contributed by atoms with Crippen molar-refractivity contribution in [1.29, 1.82) is 5.41 Å². The summed E-state index contributed by atoms with van der Waals surface area (Å²) >= 11 is 1.10. The van der Waals surface area contributed by atoms with E-state index in [9.17, 15) is 31.9 Å². The summed E-state index contributed by atoms with van der Waals surface area (Å²) in [7, 11) is 1.57. The van der Waals surface area contributed by atoms with Gasteiger partial charge < -0.3 is 15.7 Å². The standard InChI is InChI=1S/C19H19F5N4O2S/c1-26-17(25)28-31-14-4-2-3-12(9-14)16(30)27-10-15(29)11-5-7-13(8-6-11)18(20,21)19(22,23)24/h2-9,15,29H,10H2,1H3,(H,27,30)(H3,25,26,28). The molecule has 0 saturated heterocycles. The van der Waals surface area contributed by atoms with Crippen LogP contribution in [0.25, 0.3) is 0 Å². The van der Waals surface area contributed by atoms with Crippen molar-refractivity contribution >= 4 is 23.8 Å². The summed E-state index contributed by atoms with van der Waals surface area (Å²) in [5.41, 5.74) is -0.898. The Kier molecular flexibility index (Phi) is 7.85. The molecule has 1 unspecified atom stereocenters. The number of guanidine groups is 1. The first-order valence-electron chi connectivity index (χ1n) is 8.76. The summed E-state index contributed by atoms with van der Waals surface area (Å²) in [5.74, 6) is -5.46. The first-order chi connectivity index (χ1) is 14.5. The summed E-state index contributed by atoms with van der Waals surface area (Å²) in [6.45, 7) is -0.284. The molecule has 2 rings (SSSR count). The van der Waals surface area contributed by atoms with Gasteiger partial charge in [-0.15, -0.1) is 0 Å². The van der Waals surface area contributed by atoms with E-state index in [1.807, 2.05) is 0 Å². The molecular formula is C19H19F5N4O2S. The lowest BCUT2D eigenvalue weighted by Crippen LogP contribution is -2.33. The Bertz CT molecular complexity index is 922. The Balaban J connectivity index is 1.97. The average molecular weight is 462 g/mol. The average Bonchev–Trinajstić information content (AvgIpc) is 2.75. The maximum absolute atomic E-state index is 13.3. The van der Waals surface area contributed by atoms with E-state index in [2.05, 4.69) is 15.4 Å². The van der Waals surface area contributed by atoms with Gasteiger partial charge in [0.1, 0.15) is 0 Å². The smallest absolute Gasteiger partial charge is 0.387 e. The molecule has 168 valence electrons. The normalized spacial score (nSPS) is 12.7. The fraction of sp³-hybridized carbons (Fsp3) is 0.263. The lowest BCUT2D eigenvalue weighted by atomic mass is 10.0. The quantitative estimate of drug-likeness (QED) is 0.188. The molecule has 0 aliphatic carbocycles. The van der Waals surface area contributed by atoms with Gasteiger partial charge in [-0.3, -0.25) is 14.9 Å².